The Labute approximate surface area is 91.9 Å². The van der Waals surface area contributed by atoms with Gasteiger partial charge in [0.25, 0.3) is 0 Å². The van der Waals surface area contributed by atoms with Crippen LogP contribution >= 0.6 is 0 Å². The van der Waals surface area contributed by atoms with Crippen molar-refractivity contribution in [3.05, 3.63) is 0 Å². The van der Waals surface area contributed by atoms with Gasteiger partial charge in [-0.25, -0.2) is 5.84 Å². The third kappa shape index (κ3) is 2.09. The Morgan fingerprint density at radius 1 is 1.27 bits per heavy atom. The molecule has 15 heavy (non-hydrogen) atoms. The van der Waals surface area contributed by atoms with Crippen LogP contribution in [0.5, 0.6) is 0 Å². The smallest absolute Gasteiger partial charge is 0.208 e. The number of hydrazine groups is 1. The first kappa shape index (κ1) is 10.7. The number of fused-ring (bicyclic) bond motifs is 1. The molecule has 1 aliphatic carbocycles. The number of rotatable bonds is 0. The molecule has 3 N–H and O–H groups in total. The summed E-state index contributed by atoms with van der Waals surface area (Å²) in [5.41, 5.74) is 2.73. The molecule has 0 amide bonds. The quantitative estimate of drug-likeness (QED) is 0.272. The molecule has 0 radical (unpaired) electrons. The first-order valence-corrected chi connectivity index (χ1v) is 6.07. The van der Waals surface area contributed by atoms with Crippen LogP contribution in [0.1, 0.15) is 38.5 Å². The predicted molar refractivity (Wildman–Crippen MR) is 62.4 cm³/mol. The molecule has 2 unspecified atom stereocenters. The second-order valence-electron chi connectivity index (χ2n) is 4.64. The zero-order chi connectivity index (χ0) is 10.7. The van der Waals surface area contributed by atoms with Crippen molar-refractivity contribution in [1.29, 1.82) is 0 Å². The van der Waals surface area contributed by atoms with Crippen LogP contribution in [-0.2, 0) is 0 Å². The average molecular weight is 210 g/mol. The minimum Gasteiger partial charge on any atom is -0.339 e. The van der Waals surface area contributed by atoms with Crippen molar-refractivity contribution >= 4 is 5.96 Å². The van der Waals surface area contributed by atoms with E-state index in [1.54, 1.807) is 0 Å². The van der Waals surface area contributed by atoms with E-state index in [9.17, 15) is 0 Å². The number of nitrogens with one attached hydrogen (secondary N) is 1. The first-order chi connectivity index (χ1) is 7.36. The topological polar surface area (TPSA) is 53.6 Å². The van der Waals surface area contributed by atoms with Crippen LogP contribution in [0.25, 0.3) is 0 Å². The fourth-order valence-corrected chi connectivity index (χ4v) is 3.16. The van der Waals surface area contributed by atoms with Crippen LogP contribution < -0.4 is 11.3 Å². The number of nitrogens with zero attached hydrogens (tertiary/aromatic N) is 2. The van der Waals surface area contributed by atoms with Crippen LogP contribution in [-0.4, -0.2) is 30.5 Å². The Bertz CT molecular complexity index is 237. The maximum Gasteiger partial charge on any atom is 0.208 e. The zero-order valence-corrected chi connectivity index (χ0v) is 9.58. The van der Waals surface area contributed by atoms with Crippen molar-refractivity contribution in [2.45, 2.75) is 44.6 Å². The van der Waals surface area contributed by atoms with E-state index in [0.717, 1.165) is 18.4 Å². The summed E-state index contributed by atoms with van der Waals surface area (Å²) in [5, 5.41) is 0. The molecular formula is C11H22N4. The van der Waals surface area contributed by atoms with Crippen LogP contribution in [0, 0.1) is 5.92 Å². The Morgan fingerprint density at radius 3 is 2.73 bits per heavy atom. The van der Waals surface area contributed by atoms with Crippen LogP contribution in [0.15, 0.2) is 4.99 Å². The average Bonchev–Trinajstić information content (AvgIpc) is 2.31. The van der Waals surface area contributed by atoms with Gasteiger partial charge in [-0.05, 0) is 31.6 Å². The lowest BCUT2D eigenvalue weighted by Gasteiger charge is -2.45. The highest BCUT2D eigenvalue weighted by Gasteiger charge is 2.34. The maximum atomic E-state index is 5.51. The molecule has 1 saturated heterocycles. The van der Waals surface area contributed by atoms with Gasteiger partial charge in [0.2, 0.25) is 5.96 Å². The van der Waals surface area contributed by atoms with E-state index in [0.29, 0.717) is 6.04 Å². The van der Waals surface area contributed by atoms with Gasteiger partial charge in [0.15, 0.2) is 0 Å². The Morgan fingerprint density at radius 2 is 2.00 bits per heavy atom. The number of aliphatic imine (C=N–C) groups is 1. The SMILES string of the molecule is CN=C(NN)N1CCCC2CCCCC21. The minimum atomic E-state index is 0.683. The lowest BCUT2D eigenvalue weighted by molar-refractivity contribution is 0.116. The molecule has 2 fully saturated rings. The van der Waals surface area contributed by atoms with Crippen molar-refractivity contribution in [3.8, 4) is 0 Å². The molecule has 0 bridgehead atoms. The summed E-state index contributed by atoms with van der Waals surface area (Å²) in [7, 11) is 1.81. The lowest BCUT2D eigenvalue weighted by Crippen LogP contribution is -2.55. The summed E-state index contributed by atoms with van der Waals surface area (Å²) in [6.45, 7) is 1.11. The number of likely N-dealkylation sites (tertiary alicyclic amines) is 1. The molecule has 0 spiro atoms. The fraction of sp³-hybridized carbons (Fsp3) is 0.909. The van der Waals surface area contributed by atoms with Gasteiger partial charge in [0, 0.05) is 19.6 Å². The molecule has 1 saturated carbocycles. The summed E-state index contributed by atoms with van der Waals surface area (Å²) in [6, 6.07) is 0.683. The molecule has 1 heterocycles. The number of nitrogens with two attached hydrogens (primary N) is 1. The molecule has 1 aliphatic heterocycles. The number of guanidine groups is 1. The van der Waals surface area contributed by atoms with Crippen molar-refractivity contribution in [1.82, 2.24) is 10.3 Å². The van der Waals surface area contributed by atoms with Gasteiger partial charge in [0.1, 0.15) is 0 Å². The van der Waals surface area contributed by atoms with Gasteiger partial charge in [-0.2, -0.15) is 0 Å². The second-order valence-corrected chi connectivity index (χ2v) is 4.64. The van der Waals surface area contributed by atoms with Crippen molar-refractivity contribution < 1.29 is 0 Å². The van der Waals surface area contributed by atoms with Crippen molar-refractivity contribution in [3.63, 3.8) is 0 Å². The minimum absolute atomic E-state index is 0.683. The van der Waals surface area contributed by atoms with E-state index in [1.165, 1.54) is 38.5 Å². The molecule has 2 aliphatic rings. The molecule has 0 aromatic carbocycles. The monoisotopic (exact) mass is 210 g/mol. The summed E-state index contributed by atoms with van der Waals surface area (Å²) >= 11 is 0. The Balaban J connectivity index is 2.09. The highest BCUT2D eigenvalue weighted by molar-refractivity contribution is 5.79. The predicted octanol–water partition coefficient (Wildman–Crippen LogP) is 1.09. The second kappa shape index (κ2) is 4.84. The van der Waals surface area contributed by atoms with Gasteiger partial charge in [0.05, 0.1) is 0 Å². The molecule has 86 valence electrons. The number of hydrogen-bond acceptors (Lipinski definition) is 2. The van der Waals surface area contributed by atoms with Crippen LogP contribution in [0.3, 0.4) is 0 Å². The van der Waals surface area contributed by atoms with Crippen LogP contribution in [0.4, 0.5) is 0 Å². The largest absolute Gasteiger partial charge is 0.339 e. The van der Waals surface area contributed by atoms with E-state index in [1.807, 2.05) is 7.05 Å². The molecular weight excluding hydrogens is 188 g/mol. The maximum absolute atomic E-state index is 5.51. The van der Waals surface area contributed by atoms with Crippen LogP contribution in [0.2, 0.25) is 0 Å². The molecule has 2 rings (SSSR count). The molecule has 2 atom stereocenters. The summed E-state index contributed by atoms with van der Waals surface area (Å²) in [6.07, 6.45) is 8.14. The molecule has 4 heteroatoms. The summed E-state index contributed by atoms with van der Waals surface area (Å²) < 4.78 is 0. The van der Waals surface area contributed by atoms with Gasteiger partial charge in [-0.15, -0.1) is 0 Å². The normalized spacial score (nSPS) is 32.4. The van der Waals surface area contributed by atoms with Gasteiger partial charge < -0.3 is 4.90 Å². The fourth-order valence-electron chi connectivity index (χ4n) is 3.16. The third-order valence-electron chi connectivity index (χ3n) is 3.86. The van der Waals surface area contributed by atoms with E-state index >= 15 is 0 Å². The summed E-state index contributed by atoms with van der Waals surface area (Å²) in [4.78, 5) is 6.61. The zero-order valence-electron chi connectivity index (χ0n) is 9.58. The van der Waals surface area contributed by atoms with Gasteiger partial charge >= 0.3 is 0 Å². The van der Waals surface area contributed by atoms with E-state index in [4.69, 9.17) is 5.84 Å². The van der Waals surface area contributed by atoms with Crippen molar-refractivity contribution in [2.75, 3.05) is 13.6 Å². The summed E-state index contributed by atoms with van der Waals surface area (Å²) in [5.74, 6) is 7.25. The highest BCUT2D eigenvalue weighted by Crippen LogP contribution is 2.35. The highest BCUT2D eigenvalue weighted by atomic mass is 15.4. The molecule has 0 aromatic heterocycles. The van der Waals surface area contributed by atoms with E-state index in [-0.39, 0.29) is 0 Å². The molecule has 0 aromatic rings. The van der Waals surface area contributed by atoms with E-state index < -0.39 is 0 Å². The Kier molecular flexibility index (Phi) is 3.46. The number of piperidine rings is 1. The van der Waals surface area contributed by atoms with E-state index in [2.05, 4.69) is 15.3 Å². The van der Waals surface area contributed by atoms with Gasteiger partial charge in [-0.1, -0.05) is 12.8 Å². The molecule has 4 nitrogen and oxygen atoms in total. The lowest BCUT2D eigenvalue weighted by atomic mass is 9.78. The number of hydrogen-bond donors (Lipinski definition) is 2. The standard InChI is InChI=1S/C11H22N4/c1-13-11(14-12)15-8-4-6-9-5-2-3-7-10(9)15/h9-10H,2-8,12H2,1H3,(H,13,14). The first-order valence-electron chi connectivity index (χ1n) is 6.07. The Hall–Kier alpha value is -0.770. The van der Waals surface area contributed by atoms with Gasteiger partial charge in [-0.3, -0.25) is 10.4 Å². The third-order valence-corrected chi connectivity index (χ3v) is 3.86. The van der Waals surface area contributed by atoms with Crippen molar-refractivity contribution in [2.24, 2.45) is 16.8 Å².